The first-order valence-electron chi connectivity index (χ1n) is 5.36. The van der Waals surface area contributed by atoms with Gasteiger partial charge in [-0.2, -0.15) is 0 Å². The van der Waals surface area contributed by atoms with E-state index in [2.05, 4.69) is 0 Å². The summed E-state index contributed by atoms with van der Waals surface area (Å²) in [6.07, 6.45) is 5.58. The number of rotatable bonds is 1. The van der Waals surface area contributed by atoms with Crippen LogP contribution in [-0.2, 0) is 4.79 Å². The normalized spacial score (nSPS) is 21.0. The molecule has 0 radical (unpaired) electrons. The molecular formula is C14H13ClO. The zero-order valence-electron chi connectivity index (χ0n) is 9.16. The van der Waals surface area contributed by atoms with Crippen molar-refractivity contribution in [3.05, 3.63) is 52.1 Å². The van der Waals surface area contributed by atoms with Gasteiger partial charge in [0.05, 0.1) is 0 Å². The van der Waals surface area contributed by atoms with Crippen LogP contribution in [0.15, 0.2) is 41.5 Å². The highest BCUT2D eigenvalue weighted by atomic mass is 35.5. The number of allylic oxidation sites excluding steroid dienone is 3. The van der Waals surface area contributed by atoms with Crippen LogP contribution in [-0.4, -0.2) is 5.78 Å². The predicted molar refractivity (Wildman–Crippen MR) is 67.4 cm³/mol. The molecule has 0 N–H and O–H groups in total. The van der Waals surface area contributed by atoms with Crippen molar-refractivity contribution >= 4 is 23.5 Å². The Morgan fingerprint density at radius 1 is 1.12 bits per heavy atom. The van der Waals surface area contributed by atoms with E-state index in [9.17, 15) is 4.79 Å². The molecule has 1 aliphatic rings. The molecule has 0 heterocycles. The number of hydrogen-bond donors (Lipinski definition) is 0. The fraction of sp³-hybridized carbons (Fsp3) is 0.214. The van der Waals surface area contributed by atoms with Gasteiger partial charge in [-0.3, -0.25) is 4.79 Å². The average Bonchev–Trinajstić information content (AvgIpc) is 2.63. The van der Waals surface area contributed by atoms with Crippen molar-refractivity contribution in [1.29, 1.82) is 0 Å². The van der Waals surface area contributed by atoms with E-state index in [-0.39, 0.29) is 5.78 Å². The SMILES string of the molecule is CC=C1CCC(=Cc2ccc(Cl)cc2)C1=O. The molecule has 82 valence electrons. The topological polar surface area (TPSA) is 17.1 Å². The van der Waals surface area contributed by atoms with Crippen LogP contribution in [0.5, 0.6) is 0 Å². The van der Waals surface area contributed by atoms with Crippen molar-refractivity contribution in [2.24, 2.45) is 0 Å². The molecule has 16 heavy (non-hydrogen) atoms. The Bertz CT molecular complexity index is 466. The van der Waals surface area contributed by atoms with Crippen LogP contribution in [0.4, 0.5) is 0 Å². The van der Waals surface area contributed by atoms with Gasteiger partial charge in [-0.05, 0) is 49.1 Å². The van der Waals surface area contributed by atoms with E-state index in [0.29, 0.717) is 5.02 Å². The summed E-state index contributed by atoms with van der Waals surface area (Å²) in [5, 5.41) is 0.717. The molecule has 1 aromatic carbocycles. The first-order chi connectivity index (χ1) is 7.70. The van der Waals surface area contributed by atoms with Crippen molar-refractivity contribution in [2.45, 2.75) is 19.8 Å². The maximum Gasteiger partial charge on any atom is 0.184 e. The summed E-state index contributed by atoms with van der Waals surface area (Å²) in [5.41, 5.74) is 2.86. The molecule has 1 aliphatic carbocycles. The summed E-state index contributed by atoms with van der Waals surface area (Å²) in [4.78, 5) is 11.8. The smallest absolute Gasteiger partial charge is 0.184 e. The molecule has 2 heteroatoms. The highest BCUT2D eigenvalue weighted by Crippen LogP contribution is 2.27. The van der Waals surface area contributed by atoms with Gasteiger partial charge in [0.2, 0.25) is 0 Å². The minimum Gasteiger partial charge on any atom is -0.289 e. The third kappa shape index (κ3) is 2.25. The van der Waals surface area contributed by atoms with E-state index in [0.717, 1.165) is 29.6 Å². The van der Waals surface area contributed by atoms with Crippen LogP contribution in [0.1, 0.15) is 25.3 Å². The Kier molecular flexibility index (Phi) is 3.25. The summed E-state index contributed by atoms with van der Waals surface area (Å²) in [7, 11) is 0. The van der Waals surface area contributed by atoms with Crippen molar-refractivity contribution < 1.29 is 4.79 Å². The summed E-state index contributed by atoms with van der Waals surface area (Å²) >= 11 is 5.81. The second-order valence-corrected chi connectivity index (χ2v) is 4.30. The van der Waals surface area contributed by atoms with Gasteiger partial charge in [0.25, 0.3) is 0 Å². The Hall–Kier alpha value is -1.34. The van der Waals surface area contributed by atoms with Gasteiger partial charge in [0.1, 0.15) is 0 Å². The minimum absolute atomic E-state index is 0.192. The second-order valence-electron chi connectivity index (χ2n) is 3.86. The monoisotopic (exact) mass is 232 g/mol. The lowest BCUT2D eigenvalue weighted by Crippen LogP contribution is -1.94. The van der Waals surface area contributed by atoms with Gasteiger partial charge >= 0.3 is 0 Å². The summed E-state index contributed by atoms with van der Waals surface area (Å²) in [6.45, 7) is 1.92. The molecule has 1 fully saturated rings. The predicted octanol–water partition coefficient (Wildman–Crippen LogP) is 4.03. The Morgan fingerprint density at radius 2 is 1.75 bits per heavy atom. The van der Waals surface area contributed by atoms with Gasteiger partial charge in [0.15, 0.2) is 5.78 Å². The standard InChI is InChI=1S/C14H13ClO/c1-2-11-5-6-12(14(11)16)9-10-3-7-13(15)8-4-10/h2-4,7-9H,5-6H2,1H3. The van der Waals surface area contributed by atoms with Crippen molar-refractivity contribution in [1.82, 2.24) is 0 Å². The van der Waals surface area contributed by atoms with Gasteiger partial charge < -0.3 is 0 Å². The molecule has 2 rings (SSSR count). The van der Waals surface area contributed by atoms with Crippen molar-refractivity contribution in [2.75, 3.05) is 0 Å². The minimum atomic E-state index is 0.192. The van der Waals surface area contributed by atoms with Gasteiger partial charge in [-0.25, -0.2) is 0 Å². The number of hydrogen-bond acceptors (Lipinski definition) is 1. The average molecular weight is 233 g/mol. The number of carbonyl (C=O) groups is 1. The van der Waals surface area contributed by atoms with E-state index in [1.807, 2.05) is 43.3 Å². The molecule has 1 aromatic rings. The molecular weight excluding hydrogens is 220 g/mol. The van der Waals surface area contributed by atoms with E-state index in [4.69, 9.17) is 11.6 Å². The zero-order valence-corrected chi connectivity index (χ0v) is 9.92. The Balaban J connectivity index is 2.26. The molecule has 0 bridgehead atoms. The summed E-state index contributed by atoms with van der Waals surface area (Å²) in [6, 6.07) is 7.53. The molecule has 0 atom stereocenters. The lowest BCUT2D eigenvalue weighted by Gasteiger charge is -1.97. The zero-order chi connectivity index (χ0) is 11.5. The van der Waals surface area contributed by atoms with Crippen LogP contribution in [0.3, 0.4) is 0 Å². The van der Waals surface area contributed by atoms with E-state index in [1.165, 1.54) is 0 Å². The first kappa shape index (κ1) is 11.2. The van der Waals surface area contributed by atoms with Gasteiger partial charge in [-0.1, -0.05) is 29.8 Å². The Labute approximate surface area is 100 Å². The van der Waals surface area contributed by atoms with Crippen LogP contribution < -0.4 is 0 Å². The molecule has 0 aromatic heterocycles. The molecule has 1 saturated carbocycles. The van der Waals surface area contributed by atoms with Gasteiger partial charge in [0, 0.05) is 10.6 Å². The van der Waals surface area contributed by atoms with Crippen molar-refractivity contribution in [3.63, 3.8) is 0 Å². The molecule has 0 saturated heterocycles. The molecule has 1 nitrogen and oxygen atoms in total. The number of halogens is 1. The highest BCUT2D eigenvalue weighted by Gasteiger charge is 2.21. The van der Waals surface area contributed by atoms with Crippen LogP contribution in [0, 0.1) is 0 Å². The number of carbonyl (C=O) groups excluding carboxylic acids is 1. The van der Waals surface area contributed by atoms with Crippen LogP contribution in [0.2, 0.25) is 5.02 Å². The van der Waals surface area contributed by atoms with Crippen LogP contribution in [0.25, 0.3) is 6.08 Å². The van der Waals surface area contributed by atoms with Crippen LogP contribution >= 0.6 is 11.6 Å². The van der Waals surface area contributed by atoms with E-state index >= 15 is 0 Å². The summed E-state index contributed by atoms with van der Waals surface area (Å²) < 4.78 is 0. The molecule has 0 amide bonds. The third-order valence-corrected chi connectivity index (χ3v) is 3.06. The molecule has 0 unspecified atom stereocenters. The number of ketones is 1. The fourth-order valence-electron chi connectivity index (χ4n) is 1.88. The molecule has 0 aliphatic heterocycles. The maximum absolute atomic E-state index is 11.8. The largest absolute Gasteiger partial charge is 0.289 e. The number of Topliss-reactive ketones (excluding diaryl/α,β-unsaturated/α-hetero) is 1. The highest BCUT2D eigenvalue weighted by molar-refractivity contribution is 6.30. The number of benzene rings is 1. The lowest BCUT2D eigenvalue weighted by atomic mass is 10.1. The Morgan fingerprint density at radius 3 is 2.31 bits per heavy atom. The third-order valence-electron chi connectivity index (χ3n) is 2.81. The quantitative estimate of drug-likeness (QED) is 0.668. The first-order valence-corrected chi connectivity index (χ1v) is 5.74. The van der Waals surface area contributed by atoms with Crippen molar-refractivity contribution in [3.8, 4) is 0 Å². The maximum atomic E-state index is 11.8. The molecule has 0 spiro atoms. The fourth-order valence-corrected chi connectivity index (χ4v) is 2.00. The van der Waals surface area contributed by atoms with Gasteiger partial charge in [-0.15, -0.1) is 0 Å². The second kappa shape index (κ2) is 4.67. The summed E-state index contributed by atoms with van der Waals surface area (Å²) in [5.74, 6) is 0.192. The van der Waals surface area contributed by atoms with E-state index in [1.54, 1.807) is 0 Å². The van der Waals surface area contributed by atoms with E-state index < -0.39 is 0 Å². The lowest BCUT2D eigenvalue weighted by molar-refractivity contribution is -0.111.